The van der Waals surface area contributed by atoms with Crippen LogP contribution in [0.25, 0.3) is 0 Å². The van der Waals surface area contributed by atoms with Crippen molar-refractivity contribution in [3.8, 4) is 23.3 Å². The summed E-state index contributed by atoms with van der Waals surface area (Å²) in [6, 6.07) is 8.19. The maximum absolute atomic E-state index is 9.37. The minimum atomic E-state index is 0.369. The fourth-order valence-electron chi connectivity index (χ4n) is 3.35. The van der Waals surface area contributed by atoms with Crippen LogP contribution < -0.4 is 14.2 Å². The molecule has 1 aromatic heterocycles. The second-order valence-electron chi connectivity index (χ2n) is 6.30. The van der Waals surface area contributed by atoms with E-state index in [1.54, 1.807) is 6.20 Å². The second kappa shape index (κ2) is 6.04. The summed E-state index contributed by atoms with van der Waals surface area (Å²) in [4.78, 5) is 4.28. The van der Waals surface area contributed by atoms with E-state index in [4.69, 9.17) is 14.2 Å². The first-order valence-electron chi connectivity index (χ1n) is 8.14. The van der Waals surface area contributed by atoms with E-state index < -0.39 is 0 Å². The first kappa shape index (κ1) is 14.8. The van der Waals surface area contributed by atoms with Crippen LogP contribution >= 0.6 is 0 Å². The Morgan fingerprint density at radius 2 is 2.04 bits per heavy atom. The molecule has 0 amide bonds. The van der Waals surface area contributed by atoms with Crippen molar-refractivity contribution in [3.63, 3.8) is 0 Å². The molecular formula is C19H18N2O3. The number of aryl methyl sites for hydroxylation is 1. The Labute approximate surface area is 140 Å². The molecule has 1 atom stereocenters. The summed E-state index contributed by atoms with van der Waals surface area (Å²) in [6.45, 7) is 3.66. The molecule has 2 aliphatic heterocycles. The molecule has 2 aromatic rings. The zero-order valence-corrected chi connectivity index (χ0v) is 13.5. The Kier molecular flexibility index (Phi) is 3.73. The van der Waals surface area contributed by atoms with Crippen LogP contribution in [0.3, 0.4) is 0 Å². The predicted octanol–water partition coefficient (Wildman–Crippen LogP) is 2.83. The first-order chi connectivity index (χ1) is 11.7. The van der Waals surface area contributed by atoms with Gasteiger partial charge in [0.2, 0.25) is 0 Å². The Morgan fingerprint density at radius 3 is 2.92 bits per heavy atom. The summed E-state index contributed by atoms with van der Waals surface area (Å²) in [5.41, 5.74) is 3.83. The number of pyridine rings is 1. The van der Waals surface area contributed by atoms with Gasteiger partial charge in [-0.05, 0) is 49.1 Å². The Hall–Kier alpha value is -2.74. The summed E-state index contributed by atoms with van der Waals surface area (Å²) in [5, 5.41) is 9.37. The van der Waals surface area contributed by atoms with E-state index in [1.807, 2.05) is 19.1 Å². The SMILES string of the molecule is Cc1cc2c(cn1)OCC(Cc1cc(C#N)c3c(c1)OCCO3)C2. The number of benzene rings is 1. The third kappa shape index (κ3) is 2.76. The van der Waals surface area contributed by atoms with Crippen LogP contribution in [0.1, 0.15) is 22.4 Å². The Bertz CT molecular complexity index is 826. The molecule has 0 saturated carbocycles. The molecule has 0 radical (unpaired) electrons. The minimum Gasteiger partial charge on any atom is -0.491 e. The van der Waals surface area contributed by atoms with Gasteiger partial charge in [-0.25, -0.2) is 0 Å². The van der Waals surface area contributed by atoms with Crippen LogP contribution in [0, 0.1) is 24.2 Å². The van der Waals surface area contributed by atoms with Gasteiger partial charge in [0.25, 0.3) is 0 Å². The normalized spacial score (nSPS) is 18.2. The van der Waals surface area contributed by atoms with Crippen molar-refractivity contribution in [2.24, 2.45) is 5.92 Å². The number of hydrogen-bond acceptors (Lipinski definition) is 5. The van der Waals surface area contributed by atoms with Gasteiger partial charge in [-0.3, -0.25) is 4.98 Å². The average Bonchev–Trinajstić information content (AvgIpc) is 2.60. The molecule has 5 heteroatoms. The van der Waals surface area contributed by atoms with Gasteiger partial charge in [0, 0.05) is 11.6 Å². The van der Waals surface area contributed by atoms with E-state index in [1.165, 1.54) is 5.56 Å². The maximum atomic E-state index is 9.37. The minimum absolute atomic E-state index is 0.369. The molecule has 24 heavy (non-hydrogen) atoms. The highest BCUT2D eigenvalue weighted by atomic mass is 16.6. The highest BCUT2D eigenvalue weighted by molar-refractivity contribution is 5.55. The van der Waals surface area contributed by atoms with Gasteiger partial charge in [-0.1, -0.05) is 0 Å². The van der Waals surface area contributed by atoms with Crippen molar-refractivity contribution in [2.45, 2.75) is 19.8 Å². The fourth-order valence-corrected chi connectivity index (χ4v) is 3.35. The van der Waals surface area contributed by atoms with E-state index in [0.29, 0.717) is 42.8 Å². The van der Waals surface area contributed by atoms with Gasteiger partial charge in [0.15, 0.2) is 11.5 Å². The monoisotopic (exact) mass is 322 g/mol. The van der Waals surface area contributed by atoms with Crippen LogP contribution in [-0.2, 0) is 12.8 Å². The molecule has 0 saturated heterocycles. The van der Waals surface area contributed by atoms with E-state index in [2.05, 4.69) is 17.1 Å². The molecule has 2 aliphatic rings. The van der Waals surface area contributed by atoms with Gasteiger partial charge in [-0.15, -0.1) is 0 Å². The number of ether oxygens (including phenoxy) is 3. The molecule has 3 heterocycles. The van der Waals surface area contributed by atoms with Crippen molar-refractivity contribution >= 4 is 0 Å². The summed E-state index contributed by atoms with van der Waals surface area (Å²) < 4.78 is 17.1. The van der Waals surface area contributed by atoms with Crippen LogP contribution in [0.5, 0.6) is 17.2 Å². The smallest absolute Gasteiger partial charge is 0.179 e. The first-order valence-corrected chi connectivity index (χ1v) is 8.14. The molecule has 4 rings (SSSR count). The number of nitrogens with zero attached hydrogens (tertiary/aromatic N) is 2. The van der Waals surface area contributed by atoms with E-state index in [9.17, 15) is 5.26 Å². The lowest BCUT2D eigenvalue weighted by Gasteiger charge is -2.26. The molecule has 122 valence electrons. The summed E-state index contributed by atoms with van der Waals surface area (Å²) in [5.74, 6) is 2.50. The van der Waals surface area contributed by atoms with Crippen LogP contribution in [0.2, 0.25) is 0 Å². The molecule has 1 unspecified atom stereocenters. The molecule has 1 aromatic carbocycles. The summed E-state index contributed by atoms with van der Waals surface area (Å²) >= 11 is 0. The lowest BCUT2D eigenvalue weighted by molar-refractivity contribution is 0.170. The Morgan fingerprint density at radius 1 is 1.17 bits per heavy atom. The molecule has 0 bridgehead atoms. The fraction of sp³-hybridized carbons (Fsp3) is 0.368. The maximum Gasteiger partial charge on any atom is 0.179 e. The average molecular weight is 322 g/mol. The zero-order valence-electron chi connectivity index (χ0n) is 13.5. The van der Waals surface area contributed by atoms with Crippen molar-refractivity contribution in [1.82, 2.24) is 4.98 Å². The van der Waals surface area contributed by atoms with Crippen molar-refractivity contribution in [3.05, 3.63) is 46.8 Å². The van der Waals surface area contributed by atoms with Crippen LogP contribution in [0.4, 0.5) is 0 Å². The largest absolute Gasteiger partial charge is 0.491 e. The van der Waals surface area contributed by atoms with E-state index in [-0.39, 0.29) is 0 Å². The lowest BCUT2D eigenvalue weighted by Crippen LogP contribution is -2.23. The van der Waals surface area contributed by atoms with Crippen LogP contribution in [0.15, 0.2) is 24.4 Å². The molecule has 5 nitrogen and oxygen atoms in total. The van der Waals surface area contributed by atoms with Crippen molar-refractivity contribution in [2.75, 3.05) is 19.8 Å². The molecule has 0 aliphatic carbocycles. The summed E-state index contributed by atoms with van der Waals surface area (Å²) in [6.07, 6.45) is 3.60. The van der Waals surface area contributed by atoms with Gasteiger partial charge in [0.05, 0.1) is 18.4 Å². The van der Waals surface area contributed by atoms with E-state index in [0.717, 1.165) is 29.8 Å². The quantitative estimate of drug-likeness (QED) is 0.850. The second-order valence-corrected chi connectivity index (χ2v) is 6.30. The number of fused-ring (bicyclic) bond motifs is 2. The molecule has 0 fully saturated rings. The highest BCUT2D eigenvalue weighted by Gasteiger charge is 2.23. The molecular weight excluding hydrogens is 304 g/mol. The number of aromatic nitrogens is 1. The number of rotatable bonds is 2. The van der Waals surface area contributed by atoms with Crippen LogP contribution in [-0.4, -0.2) is 24.8 Å². The predicted molar refractivity (Wildman–Crippen MR) is 87.5 cm³/mol. The van der Waals surface area contributed by atoms with Crippen molar-refractivity contribution < 1.29 is 14.2 Å². The summed E-state index contributed by atoms with van der Waals surface area (Å²) in [7, 11) is 0. The van der Waals surface area contributed by atoms with Crippen molar-refractivity contribution in [1.29, 1.82) is 5.26 Å². The van der Waals surface area contributed by atoms with E-state index >= 15 is 0 Å². The standard InChI is InChI=1S/C19H18N2O3/c1-12-4-15-7-14(11-24-18(15)10-21-12)5-13-6-16(9-20)19-17(8-13)22-2-3-23-19/h4,6,8,10,14H,2-3,5,7,11H2,1H3. The van der Waals surface area contributed by atoms with Gasteiger partial charge < -0.3 is 14.2 Å². The molecule has 0 N–H and O–H groups in total. The third-order valence-corrected chi connectivity index (χ3v) is 4.41. The lowest BCUT2D eigenvalue weighted by atomic mass is 9.90. The number of nitriles is 1. The van der Waals surface area contributed by atoms with Gasteiger partial charge >= 0.3 is 0 Å². The molecule has 0 spiro atoms. The van der Waals surface area contributed by atoms with Gasteiger partial charge in [-0.2, -0.15) is 5.26 Å². The third-order valence-electron chi connectivity index (χ3n) is 4.41. The number of hydrogen-bond donors (Lipinski definition) is 0. The zero-order chi connectivity index (χ0) is 16.5. The topological polar surface area (TPSA) is 64.4 Å². The Balaban J connectivity index is 1.57. The highest BCUT2D eigenvalue weighted by Crippen LogP contribution is 2.36. The van der Waals surface area contributed by atoms with Gasteiger partial charge in [0.1, 0.15) is 25.0 Å².